The molecule has 1 aromatic carbocycles. The highest BCUT2D eigenvalue weighted by molar-refractivity contribution is 14.0. The van der Waals surface area contributed by atoms with E-state index in [9.17, 15) is 8.42 Å². The molecule has 0 spiro atoms. The van der Waals surface area contributed by atoms with Gasteiger partial charge in [0.1, 0.15) is 15.6 Å². The molecule has 0 radical (unpaired) electrons. The summed E-state index contributed by atoms with van der Waals surface area (Å²) in [5.41, 5.74) is 0.988. The Bertz CT molecular complexity index is 779. The fraction of sp³-hybridized carbons (Fsp3) is 0.611. The maximum Gasteiger partial charge on any atom is 0.191 e. The van der Waals surface area contributed by atoms with Crippen LogP contribution in [-0.2, 0) is 14.6 Å². The van der Waals surface area contributed by atoms with Crippen LogP contribution in [0, 0.1) is 0 Å². The Balaban J connectivity index is 0.00000420. The lowest BCUT2D eigenvalue weighted by atomic mass is 10.2. The minimum Gasteiger partial charge on any atom is -0.495 e. The summed E-state index contributed by atoms with van der Waals surface area (Å²) in [5.74, 6) is 1.53. The van der Waals surface area contributed by atoms with Crippen molar-refractivity contribution in [2.24, 2.45) is 4.99 Å². The molecule has 0 amide bonds. The Labute approximate surface area is 195 Å². The molecule has 1 heterocycles. The predicted molar refractivity (Wildman–Crippen MR) is 129 cm³/mol. The number of halogens is 2. The number of ether oxygens (including phenoxy) is 2. The first-order valence-corrected chi connectivity index (χ1v) is 11.6. The van der Waals surface area contributed by atoms with Crippen LogP contribution in [0.4, 0.5) is 5.69 Å². The molecule has 8 nitrogen and oxygen atoms in total. The number of nitrogens with zero attached hydrogens (tertiary/aromatic N) is 2. The van der Waals surface area contributed by atoms with E-state index in [4.69, 9.17) is 21.1 Å². The summed E-state index contributed by atoms with van der Waals surface area (Å²) in [6.45, 7) is 2.85. The highest BCUT2D eigenvalue weighted by Crippen LogP contribution is 2.33. The lowest BCUT2D eigenvalue weighted by molar-refractivity contribution is 0.154. The number of guanidine groups is 1. The molecule has 1 aromatic rings. The first kappa shape index (κ1) is 26.1. The molecule has 0 saturated carbocycles. The Morgan fingerprint density at radius 2 is 2.14 bits per heavy atom. The van der Waals surface area contributed by atoms with Crippen LogP contribution < -0.4 is 20.3 Å². The second-order valence-corrected chi connectivity index (χ2v) is 9.33. The minimum atomic E-state index is -2.99. The van der Waals surface area contributed by atoms with Crippen molar-refractivity contribution in [1.82, 2.24) is 10.6 Å². The van der Waals surface area contributed by atoms with E-state index < -0.39 is 9.84 Å². The fourth-order valence-electron chi connectivity index (χ4n) is 2.95. The Kier molecular flexibility index (Phi) is 11.4. The second-order valence-electron chi connectivity index (χ2n) is 6.63. The third kappa shape index (κ3) is 9.14. The molecule has 1 fully saturated rings. The summed E-state index contributed by atoms with van der Waals surface area (Å²) in [7, 11) is 0.383. The number of benzene rings is 1. The van der Waals surface area contributed by atoms with Gasteiger partial charge >= 0.3 is 0 Å². The predicted octanol–water partition coefficient (Wildman–Crippen LogP) is 1.77. The van der Waals surface area contributed by atoms with Gasteiger partial charge in [-0.15, -0.1) is 24.0 Å². The first-order chi connectivity index (χ1) is 13.3. The monoisotopic (exact) mass is 560 g/mol. The average Bonchev–Trinajstić information content (AvgIpc) is 3.11. The van der Waals surface area contributed by atoms with Crippen molar-refractivity contribution < 1.29 is 17.9 Å². The third-order valence-corrected chi connectivity index (χ3v) is 5.51. The van der Waals surface area contributed by atoms with Crippen LogP contribution in [0.25, 0.3) is 0 Å². The van der Waals surface area contributed by atoms with Crippen LogP contribution >= 0.6 is 35.6 Å². The van der Waals surface area contributed by atoms with E-state index in [1.807, 2.05) is 18.2 Å². The van der Waals surface area contributed by atoms with E-state index in [0.717, 1.165) is 30.9 Å². The van der Waals surface area contributed by atoms with Gasteiger partial charge in [-0.25, -0.2) is 8.42 Å². The lowest BCUT2D eigenvalue weighted by Crippen LogP contribution is -2.45. The van der Waals surface area contributed by atoms with Crippen molar-refractivity contribution in [2.45, 2.75) is 12.5 Å². The van der Waals surface area contributed by atoms with Crippen LogP contribution in [0.3, 0.4) is 0 Å². The molecule has 0 aliphatic carbocycles. The summed E-state index contributed by atoms with van der Waals surface area (Å²) >= 11 is 6.14. The molecule has 1 unspecified atom stereocenters. The molecule has 2 N–H and O–H groups in total. The van der Waals surface area contributed by atoms with Gasteiger partial charge in [-0.1, -0.05) is 11.6 Å². The van der Waals surface area contributed by atoms with Gasteiger partial charge in [0.05, 0.1) is 31.8 Å². The Morgan fingerprint density at radius 3 is 2.79 bits per heavy atom. The Hall–Kier alpha value is -0.980. The molecule has 0 aromatic heterocycles. The second kappa shape index (κ2) is 12.7. The molecule has 1 aliphatic rings. The van der Waals surface area contributed by atoms with Gasteiger partial charge in [0.2, 0.25) is 0 Å². The average molecular weight is 561 g/mol. The number of hydrogen-bond acceptors (Lipinski definition) is 6. The van der Waals surface area contributed by atoms with Crippen molar-refractivity contribution in [3.8, 4) is 5.75 Å². The van der Waals surface area contributed by atoms with Crippen LogP contribution in [0.1, 0.15) is 6.42 Å². The van der Waals surface area contributed by atoms with E-state index in [1.165, 1.54) is 6.26 Å². The molecular weight excluding hydrogens is 531 g/mol. The van der Waals surface area contributed by atoms with Gasteiger partial charge in [-0.3, -0.25) is 4.99 Å². The van der Waals surface area contributed by atoms with E-state index in [2.05, 4.69) is 20.5 Å². The third-order valence-electron chi connectivity index (χ3n) is 4.37. The summed E-state index contributed by atoms with van der Waals surface area (Å²) in [4.78, 5) is 6.47. The molecular formula is C18H30ClIN4O4S. The maximum absolute atomic E-state index is 11.1. The highest BCUT2D eigenvalue weighted by atomic mass is 127. The van der Waals surface area contributed by atoms with E-state index in [-0.39, 0.29) is 42.4 Å². The molecule has 29 heavy (non-hydrogen) atoms. The van der Waals surface area contributed by atoms with Gasteiger partial charge in [0.25, 0.3) is 0 Å². The zero-order valence-corrected chi connectivity index (χ0v) is 20.9. The molecule has 1 saturated heterocycles. The van der Waals surface area contributed by atoms with Gasteiger partial charge in [-0.05, 0) is 24.6 Å². The van der Waals surface area contributed by atoms with E-state index in [1.54, 1.807) is 14.2 Å². The molecule has 1 atom stereocenters. The molecule has 1 aliphatic heterocycles. The normalized spacial score (nSPS) is 17.0. The SMILES string of the molecule is CN=C(NCCOCCS(C)(=O)=O)NC1CCN(c2cc(Cl)ccc2OC)C1.I. The number of aliphatic imine (C=N–C) groups is 1. The largest absolute Gasteiger partial charge is 0.495 e. The van der Waals surface area contributed by atoms with Crippen molar-refractivity contribution in [2.75, 3.05) is 63.9 Å². The zero-order valence-electron chi connectivity index (χ0n) is 17.0. The van der Waals surface area contributed by atoms with Crippen LogP contribution in [0.15, 0.2) is 23.2 Å². The van der Waals surface area contributed by atoms with Crippen molar-refractivity contribution in [3.05, 3.63) is 23.2 Å². The van der Waals surface area contributed by atoms with Crippen molar-refractivity contribution in [3.63, 3.8) is 0 Å². The fourth-order valence-corrected chi connectivity index (χ4v) is 3.54. The summed E-state index contributed by atoms with van der Waals surface area (Å²) < 4.78 is 32.9. The first-order valence-electron chi connectivity index (χ1n) is 9.13. The van der Waals surface area contributed by atoms with Gasteiger partial charge in [0.15, 0.2) is 5.96 Å². The van der Waals surface area contributed by atoms with Gasteiger partial charge < -0.3 is 25.0 Å². The van der Waals surface area contributed by atoms with E-state index in [0.29, 0.717) is 24.1 Å². The molecule has 0 bridgehead atoms. The summed E-state index contributed by atoms with van der Waals surface area (Å²) in [6, 6.07) is 5.85. The zero-order chi connectivity index (χ0) is 20.6. The summed E-state index contributed by atoms with van der Waals surface area (Å²) in [5, 5.41) is 7.27. The number of nitrogens with one attached hydrogen (secondary N) is 2. The van der Waals surface area contributed by atoms with E-state index >= 15 is 0 Å². The number of hydrogen-bond donors (Lipinski definition) is 2. The molecule has 11 heteroatoms. The molecule has 2 rings (SSSR count). The van der Waals surface area contributed by atoms with Crippen LogP contribution in [0.2, 0.25) is 5.02 Å². The lowest BCUT2D eigenvalue weighted by Gasteiger charge is -2.22. The van der Waals surface area contributed by atoms with Crippen LogP contribution in [-0.4, -0.2) is 79.4 Å². The smallest absolute Gasteiger partial charge is 0.191 e. The van der Waals surface area contributed by atoms with Gasteiger partial charge in [-0.2, -0.15) is 0 Å². The number of sulfone groups is 1. The standard InChI is InChI=1S/C18H29ClN4O4S.HI/c1-20-18(21-7-9-27-10-11-28(3,24)25)22-15-6-8-23(13-15)16-12-14(19)4-5-17(16)26-2;/h4-5,12,15H,6-11,13H2,1-3H3,(H2,20,21,22);1H. The number of methoxy groups -OCH3 is 1. The minimum absolute atomic E-state index is 0. The maximum atomic E-state index is 11.1. The number of anilines is 1. The topological polar surface area (TPSA) is 92.3 Å². The highest BCUT2D eigenvalue weighted by Gasteiger charge is 2.25. The van der Waals surface area contributed by atoms with Crippen molar-refractivity contribution in [1.29, 1.82) is 0 Å². The van der Waals surface area contributed by atoms with Crippen LogP contribution in [0.5, 0.6) is 5.75 Å². The number of rotatable bonds is 9. The quantitative estimate of drug-likeness (QED) is 0.206. The Morgan fingerprint density at radius 1 is 1.38 bits per heavy atom. The molecule has 166 valence electrons. The van der Waals surface area contributed by atoms with Gasteiger partial charge in [0, 0.05) is 44.0 Å². The summed E-state index contributed by atoms with van der Waals surface area (Å²) in [6.07, 6.45) is 2.16. The van der Waals surface area contributed by atoms with Crippen molar-refractivity contribution >= 4 is 57.1 Å².